The Morgan fingerprint density at radius 3 is 2.23 bits per heavy atom. The van der Waals surface area contributed by atoms with E-state index in [-0.39, 0.29) is 12.0 Å². The van der Waals surface area contributed by atoms with Crippen molar-refractivity contribution in [3.63, 3.8) is 0 Å². The van der Waals surface area contributed by atoms with E-state index in [1.165, 1.54) is 7.11 Å². The van der Waals surface area contributed by atoms with Crippen molar-refractivity contribution < 1.29 is 27.5 Å². The Morgan fingerprint density at radius 2 is 1.69 bits per heavy atom. The van der Waals surface area contributed by atoms with Gasteiger partial charge >= 0.3 is 12.1 Å². The number of alkyl halides is 3. The number of esters is 1. The van der Waals surface area contributed by atoms with Crippen molar-refractivity contribution in [2.75, 3.05) is 7.11 Å². The second kappa shape index (κ2) is 8.03. The minimum absolute atomic E-state index is 0.0247. The van der Waals surface area contributed by atoms with Crippen molar-refractivity contribution >= 4 is 11.9 Å². The van der Waals surface area contributed by atoms with Crippen LogP contribution in [-0.4, -0.2) is 25.0 Å². The van der Waals surface area contributed by atoms with Gasteiger partial charge in [-0.05, 0) is 42.3 Å². The van der Waals surface area contributed by atoms with Gasteiger partial charge in [0.05, 0.1) is 12.7 Å². The molecular weight excluding hydrogens is 347 g/mol. The first-order chi connectivity index (χ1) is 12.2. The molecule has 0 fully saturated rings. The van der Waals surface area contributed by atoms with Gasteiger partial charge in [0, 0.05) is 12.0 Å². The van der Waals surface area contributed by atoms with Gasteiger partial charge in [0.1, 0.15) is 6.04 Å². The van der Waals surface area contributed by atoms with Crippen LogP contribution in [0.1, 0.15) is 27.0 Å². The summed E-state index contributed by atoms with van der Waals surface area (Å²) in [4.78, 5) is 24.3. The Morgan fingerprint density at radius 1 is 1.08 bits per heavy atom. The topological polar surface area (TPSA) is 55.4 Å². The molecule has 0 saturated heterocycles. The van der Waals surface area contributed by atoms with Crippen LogP contribution < -0.4 is 5.32 Å². The van der Waals surface area contributed by atoms with Crippen molar-refractivity contribution in [2.45, 2.75) is 25.6 Å². The number of carbonyl (C=O) groups is 2. The zero-order valence-corrected chi connectivity index (χ0v) is 14.3. The van der Waals surface area contributed by atoms with E-state index in [4.69, 9.17) is 4.74 Å². The van der Waals surface area contributed by atoms with E-state index < -0.39 is 29.7 Å². The number of hydrogen-bond donors (Lipinski definition) is 1. The monoisotopic (exact) mass is 365 g/mol. The number of nitrogens with one attached hydrogen (secondary N) is 1. The first-order valence-electron chi connectivity index (χ1n) is 7.83. The van der Waals surface area contributed by atoms with Gasteiger partial charge in [-0.15, -0.1) is 0 Å². The van der Waals surface area contributed by atoms with Gasteiger partial charge < -0.3 is 10.1 Å². The van der Waals surface area contributed by atoms with Gasteiger partial charge in [-0.3, -0.25) is 4.79 Å². The number of rotatable bonds is 5. The zero-order chi connectivity index (χ0) is 19.3. The molecule has 4 nitrogen and oxygen atoms in total. The molecule has 138 valence electrons. The van der Waals surface area contributed by atoms with E-state index >= 15 is 0 Å². The van der Waals surface area contributed by atoms with Crippen LogP contribution in [0.4, 0.5) is 13.2 Å². The van der Waals surface area contributed by atoms with Gasteiger partial charge in [0.15, 0.2) is 0 Å². The second-order valence-corrected chi connectivity index (χ2v) is 5.75. The van der Waals surface area contributed by atoms with E-state index in [9.17, 15) is 22.8 Å². The quantitative estimate of drug-likeness (QED) is 0.825. The summed E-state index contributed by atoms with van der Waals surface area (Å²) in [5, 5.41) is 2.52. The number of ether oxygens (including phenoxy) is 1. The van der Waals surface area contributed by atoms with Gasteiger partial charge in [-0.2, -0.15) is 13.2 Å². The van der Waals surface area contributed by atoms with E-state index in [1.807, 2.05) is 31.2 Å². The molecule has 0 aliphatic rings. The van der Waals surface area contributed by atoms with Crippen molar-refractivity contribution in [3.05, 3.63) is 70.8 Å². The lowest BCUT2D eigenvalue weighted by Crippen LogP contribution is -2.43. The third-order valence-corrected chi connectivity index (χ3v) is 3.95. The SMILES string of the molecule is COC(=O)[C@H](Cc1ccccc1C)NC(=O)c1ccc(C(F)(F)F)cc1. The van der Waals surface area contributed by atoms with Crippen LogP contribution >= 0.6 is 0 Å². The lowest BCUT2D eigenvalue weighted by Gasteiger charge is -2.18. The highest BCUT2D eigenvalue weighted by Gasteiger charge is 2.30. The minimum atomic E-state index is -4.48. The fourth-order valence-electron chi connectivity index (χ4n) is 2.45. The maximum absolute atomic E-state index is 12.6. The summed E-state index contributed by atoms with van der Waals surface area (Å²) < 4.78 is 42.5. The van der Waals surface area contributed by atoms with Crippen molar-refractivity contribution in [2.24, 2.45) is 0 Å². The summed E-state index contributed by atoms with van der Waals surface area (Å²) in [5.41, 5.74) is 0.982. The fourth-order valence-corrected chi connectivity index (χ4v) is 2.45. The number of carbonyl (C=O) groups excluding carboxylic acids is 2. The van der Waals surface area contributed by atoms with Gasteiger partial charge in [0.25, 0.3) is 5.91 Å². The van der Waals surface area contributed by atoms with E-state index in [0.717, 1.165) is 35.4 Å². The largest absolute Gasteiger partial charge is 0.467 e. The lowest BCUT2D eigenvalue weighted by atomic mass is 10.0. The standard InChI is InChI=1S/C19H18F3NO3/c1-12-5-3-4-6-14(12)11-16(18(25)26-2)23-17(24)13-7-9-15(10-8-13)19(20,21)22/h3-10,16H,11H2,1-2H3,(H,23,24)/t16-/m0/s1. The number of benzene rings is 2. The van der Waals surface area contributed by atoms with Crippen LogP contribution in [0.15, 0.2) is 48.5 Å². The molecule has 7 heteroatoms. The van der Waals surface area contributed by atoms with Crippen molar-refractivity contribution in [1.29, 1.82) is 0 Å². The van der Waals surface area contributed by atoms with Gasteiger partial charge in [0.2, 0.25) is 0 Å². The molecule has 0 heterocycles. The Hall–Kier alpha value is -2.83. The van der Waals surface area contributed by atoms with Gasteiger partial charge in [-0.1, -0.05) is 24.3 Å². The van der Waals surface area contributed by atoms with Crippen LogP contribution in [-0.2, 0) is 22.1 Å². The molecule has 1 N–H and O–H groups in total. The van der Waals surface area contributed by atoms with E-state index in [1.54, 1.807) is 0 Å². The molecule has 0 unspecified atom stereocenters. The molecule has 2 aromatic rings. The molecule has 0 bridgehead atoms. The normalized spacial score (nSPS) is 12.3. The average molecular weight is 365 g/mol. The van der Waals surface area contributed by atoms with E-state index in [0.29, 0.717) is 0 Å². The fraction of sp³-hybridized carbons (Fsp3) is 0.263. The van der Waals surface area contributed by atoms with Crippen LogP contribution in [0.25, 0.3) is 0 Å². The Bertz CT molecular complexity index is 785. The Kier molecular flexibility index (Phi) is 6.02. The lowest BCUT2D eigenvalue weighted by molar-refractivity contribution is -0.142. The molecule has 0 aliphatic carbocycles. The van der Waals surface area contributed by atoms with Gasteiger partial charge in [-0.25, -0.2) is 4.79 Å². The molecule has 0 radical (unpaired) electrons. The predicted molar refractivity (Wildman–Crippen MR) is 89.6 cm³/mol. The highest BCUT2D eigenvalue weighted by atomic mass is 19.4. The molecule has 0 aromatic heterocycles. The average Bonchev–Trinajstić information content (AvgIpc) is 2.61. The summed E-state index contributed by atoms with van der Waals surface area (Å²) in [5.74, 6) is -1.28. The highest BCUT2D eigenvalue weighted by molar-refractivity contribution is 5.96. The summed E-state index contributed by atoms with van der Waals surface area (Å²) in [7, 11) is 1.21. The molecule has 0 aliphatic heterocycles. The van der Waals surface area contributed by atoms with Crippen LogP contribution in [0.3, 0.4) is 0 Å². The van der Waals surface area contributed by atoms with Crippen LogP contribution in [0.5, 0.6) is 0 Å². The predicted octanol–water partition coefficient (Wildman–Crippen LogP) is 3.53. The number of aryl methyl sites for hydroxylation is 1. The van der Waals surface area contributed by atoms with Crippen molar-refractivity contribution in [3.8, 4) is 0 Å². The maximum atomic E-state index is 12.6. The third-order valence-electron chi connectivity index (χ3n) is 3.95. The maximum Gasteiger partial charge on any atom is 0.416 e. The molecule has 1 amide bonds. The summed E-state index contributed by atoms with van der Waals surface area (Å²) in [6.45, 7) is 1.88. The smallest absolute Gasteiger partial charge is 0.416 e. The van der Waals surface area contributed by atoms with Crippen molar-refractivity contribution in [1.82, 2.24) is 5.32 Å². The molecule has 2 aromatic carbocycles. The number of halogens is 3. The molecular formula is C19H18F3NO3. The number of amides is 1. The molecule has 0 saturated carbocycles. The molecule has 0 spiro atoms. The summed E-state index contributed by atoms with van der Waals surface area (Å²) >= 11 is 0. The minimum Gasteiger partial charge on any atom is -0.467 e. The zero-order valence-electron chi connectivity index (χ0n) is 14.3. The highest BCUT2D eigenvalue weighted by Crippen LogP contribution is 2.29. The molecule has 26 heavy (non-hydrogen) atoms. The number of methoxy groups -OCH3 is 1. The summed E-state index contributed by atoms with van der Waals surface area (Å²) in [6.07, 6.45) is -4.26. The number of hydrogen-bond acceptors (Lipinski definition) is 3. The first kappa shape index (κ1) is 19.5. The van der Waals surface area contributed by atoms with Crippen LogP contribution in [0.2, 0.25) is 0 Å². The molecule has 2 rings (SSSR count). The third kappa shape index (κ3) is 4.84. The summed E-state index contributed by atoms with van der Waals surface area (Å²) in [6, 6.07) is 10.2. The second-order valence-electron chi connectivity index (χ2n) is 5.75. The Balaban J connectivity index is 2.16. The van der Waals surface area contributed by atoms with E-state index in [2.05, 4.69) is 5.32 Å². The molecule has 1 atom stereocenters. The Labute approximate surface area is 149 Å². The van der Waals surface area contributed by atoms with Crippen LogP contribution in [0, 0.1) is 6.92 Å². The first-order valence-corrected chi connectivity index (χ1v) is 7.83.